The van der Waals surface area contributed by atoms with Gasteiger partial charge >= 0.3 is 0 Å². The fraction of sp³-hybridized carbons (Fsp3) is 0.387. The summed E-state index contributed by atoms with van der Waals surface area (Å²) in [6, 6.07) is 11.1. The topological polar surface area (TPSA) is 93.1 Å². The fourth-order valence-electron chi connectivity index (χ4n) is 6.68. The molecule has 4 heterocycles. The lowest BCUT2D eigenvalue weighted by molar-refractivity contribution is 0.0828. The molecule has 0 radical (unpaired) electrons. The third-order valence-corrected chi connectivity index (χ3v) is 9.11. The van der Waals surface area contributed by atoms with Gasteiger partial charge in [-0.3, -0.25) is 4.90 Å². The summed E-state index contributed by atoms with van der Waals surface area (Å²) in [5.41, 5.74) is 10.6. The standard InChI is InChI=1S/C31H35F2N9/c1-39-11-13-41(14-12-39)22-7-9-23(10-8-22)42-17-24(27-29(34)35-18-36-30(27)42)19-3-5-21(6-4-19)37-31-38-28-25(33)15-20(32)16-26(28)40(31)2/h3-6,15-18,22-23H,7-14H2,1-2H3,(H,37,38)(H2,34,35,36)/t22-,23-. The molecule has 5 aromatic rings. The lowest BCUT2D eigenvalue weighted by Gasteiger charge is -2.41. The number of anilines is 3. The average Bonchev–Trinajstić information content (AvgIpc) is 3.53. The number of nitrogens with one attached hydrogen (secondary N) is 1. The average molecular weight is 572 g/mol. The summed E-state index contributed by atoms with van der Waals surface area (Å²) in [6.07, 6.45) is 8.31. The Morgan fingerprint density at radius 2 is 1.62 bits per heavy atom. The van der Waals surface area contributed by atoms with Crippen molar-refractivity contribution in [3.8, 4) is 11.1 Å². The molecule has 1 saturated heterocycles. The molecule has 9 nitrogen and oxygen atoms in total. The van der Waals surface area contributed by atoms with Gasteiger partial charge in [-0.1, -0.05) is 12.1 Å². The van der Waals surface area contributed by atoms with Crippen LogP contribution in [-0.2, 0) is 7.05 Å². The first-order valence-corrected chi connectivity index (χ1v) is 14.6. The zero-order valence-corrected chi connectivity index (χ0v) is 23.9. The zero-order valence-electron chi connectivity index (χ0n) is 23.9. The first-order valence-electron chi connectivity index (χ1n) is 14.6. The van der Waals surface area contributed by atoms with Crippen molar-refractivity contribution in [1.82, 2.24) is 33.9 Å². The van der Waals surface area contributed by atoms with Crippen LogP contribution in [0.1, 0.15) is 31.7 Å². The van der Waals surface area contributed by atoms with E-state index >= 15 is 0 Å². The predicted molar refractivity (Wildman–Crippen MR) is 162 cm³/mol. The van der Waals surface area contributed by atoms with Crippen LogP contribution in [0, 0.1) is 11.6 Å². The smallest absolute Gasteiger partial charge is 0.208 e. The first-order chi connectivity index (χ1) is 20.4. The quantitative estimate of drug-likeness (QED) is 0.295. The van der Waals surface area contributed by atoms with E-state index in [9.17, 15) is 8.78 Å². The molecule has 2 aromatic carbocycles. The van der Waals surface area contributed by atoms with Gasteiger partial charge in [0.2, 0.25) is 5.95 Å². The van der Waals surface area contributed by atoms with Gasteiger partial charge in [0.1, 0.15) is 29.1 Å². The number of nitrogens with two attached hydrogens (primary N) is 1. The van der Waals surface area contributed by atoms with Crippen LogP contribution in [0.5, 0.6) is 0 Å². The van der Waals surface area contributed by atoms with Gasteiger partial charge < -0.3 is 25.1 Å². The van der Waals surface area contributed by atoms with Crippen LogP contribution in [0.15, 0.2) is 48.9 Å². The summed E-state index contributed by atoms with van der Waals surface area (Å²) in [4.78, 5) is 18.4. The number of aromatic nitrogens is 5. The number of fused-ring (bicyclic) bond motifs is 2. The molecule has 0 atom stereocenters. The number of aryl methyl sites for hydroxylation is 1. The van der Waals surface area contributed by atoms with E-state index in [1.807, 2.05) is 24.3 Å². The van der Waals surface area contributed by atoms with Crippen LogP contribution in [0.25, 0.3) is 33.2 Å². The second kappa shape index (κ2) is 10.6. The summed E-state index contributed by atoms with van der Waals surface area (Å²) in [6.45, 7) is 4.60. The van der Waals surface area contributed by atoms with Gasteiger partial charge in [-0.25, -0.2) is 23.7 Å². The number of likely N-dealkylation sites (N-methyl/N-ethyl adjacent to an activating group) is 1. The van der Waals surface area contributed by atoms with Gasteiger partial charge in [0, 0.05) is 74.9 Å². The van der Waals surface area contributed by atoms with E-state index in [4.69, 9.17) is 5.73 Å². The molecule has 2 fully saturated rings. The van der Waals surface area contributed by atoms with Crippen molar-refractivity contribution in [3.05, 3.63) is 60.6 Å². The number of hydrogen-bond donors (Lipinski definition) is 2. The third kappa shape index (κ3) is 4.76. The molecule has 42 heavy (non-hydrogen) atoms. The molecule has 3 N–H and O–H groups in total. The Balaban J connectivity index is 1.13. The molecule has 3 aromatic heterocycles. The Kier molecular flexibility index (Phi) is 6.78. The van der Waals surface area contributed by atoms with Crippen molar-refractivity contribution in [2.45, 2.75) is 37.8 Å². The maximum Gasteiger partial charge on any atom is 0.208 e. The van der Waals surface area contributed by atoms with Gasteiger partial charge in [0.05, 0.1) is 10.9 Å². The van der Waals surface area contributed by atoms with Crippen LogP contribution in [0.4, 0.5) is 26.2 Å². The molecule has 1 aliphatic heterocycles. The maximum atomic E-state index is 14.3. The van der Waals surface area contributed by atoms with E-state index < -0.39 is 11.6 Å². The Bertz CT molecular complexity index is 1740. The molecule has 218 valence electrons. The van der Waals surface area contributed by atoms with Crippen molar-refractivity contribution >= 4 is 39.5 Å². The summed E-state index contributed by atoms with van der Waals surface area (Å²) in [7, 11) is 3.93. The molecular formula is C31H35F2N9. The molecule has 11 heteroatoms. The molecule has 0 spiro atoms. The summed E-state index contributed by atoms with van der Waals surface area (Å²) < 4.78 is 32.0. The van der Waals surface area contributed by atoms with Gasteiger partial charge in [-0.05, 0) is 50.4 Å². The van der Waals surface area contributed by atoms with Crippen LogP contribution >= 0.6 is 0 Å². The van der Waals surface area contributed by atoms with Crippen molar-refractivity contribution in [2.75, 3.05) is 44.3 Å². The van der Waals surface area contributed by atoms with E-state index in [0.29, 0.717) is 29.4 Å². The minimum absolute atomic E-state index is 0.124. The van der Waals surface area contributed by atoms with E-state index in [1.54, 1.807) is 17.9 Å². The number of hydrogen-bond acceptors (Lipinski definition) is 7. The normalized spacial score (nSPS) is 20.5. The van der Waals surface area contributed by atoms with E-state index in [-0.39, 0.29) is 5.52 Å². The van der Waals surface area contributed by atoms with Gasteiger partial charge in [-0.2, -0.15) is 0 Å². The molecule has 2 aliphatic rings. The second-order valence-electron chi connectivity index (χ2n) is 11.7. The molecule has 0 unspecified atom stereocenters. The molecular weight excluding hydrogens is 536 g/mol. The van der Waals surface area contributed by atoms with Crippen LogP contribution < -0.4 is 11.1 Å². The van der Waals surface area contributed by atoms with E-state index in [0.717, 1.165) is 72.9 Å². The SMILES string of the molecule is CN1CCN([C@H]2CC[C@H](n3cc(-c4ccc(Nc5nc6c(F)cc(F)cc6n5C)cc4)c4c(N)ncnc43)CC2)CC1. The Hall–Kier alpha value is -4.09. The number of benzene rings is 2. The molecule has 0 bridgehead atoms. The van der Waals surface area contributed by atoms with Gasteiger partial charge in [-0.15, -0.1) is 0 Å². The Labute approximate surface area is 243 Å². The zero-order chi connectivity index (χ0) is 29.0. The van der Waals surface area contributed by atoms with Crippen molar-refractivity contribution in [2.24, 2.45) is 7.05 Å². The number of nitrogen functional groups attached to an aromatic ring is 1. The Morgan fingerprint density at radius 1 is 0.905 bits per heavy atom. The lowest BCUT2D eigenvalue weighted by atomic mass is 9.89. The predicted octanol–water partition coefficient (Wildman–Crippen LogP) is 5.32. The second-order valence-corrected chi connectivity index (χ2v) is 11.7. The highest BCUT2D eigenvalue weighted by molar-refractivity contribution is 6.00. The van der Waals surface area contributed by atoms with E-state index in [2.05, 4.69) is 47.9 Å². The van der Waals surface area contributed by atoms with Crippen LogP contribution in [-0.4, -0.2) is 73.2 Å². The fourth-order valence-corrected chi connectivity index (χ4v) is 6.68. The van der Waals surface area contributed by atoms with Crippen molar-refractivity contribution in [3.63, 3.8) is 0 Å². The molecule has 7 rings (SSSR count). The lowest BCUT2D eigenvalue weighted by Crippen LogP contribution is -2.49. The highest BCUT2D eigenvalue weighted by Crippen LogP contribution is 2.39. The highest BCUT2D eigenvalue weighted by Gasteiger charge is 2.30. The van der Waals surface area contributed by atoms with Gasteiger partial charge in [0.15, 0.2) is 5.82 Å². The minimum Gasteiger partial charge on any atom is -0.383 e. The van der Waals surface area contributed by atoms with E-state index in [1.165, 1.54) is 18.9 Å². The molecule has 0 amide bonds. The summed E-state index contributed by atoms with van der Waals surface area (Å²) in [5.74, 6) is -0.433. The minimum atomic E-state index is -0.687. The summed E-state index contributed by atoms with van der Waals surface area (Å²) >= 11 is 0. The molecule has 1 saturated carbocycles. The third-order valence-electron chi connectivity index (χ3n) is 9.11. The van der Waals surface area contributed by atoms with Crippen molar-refractivity contribution < 1.29 is 8.78 Å². The molecule has 1 aliphatic carbocycles. The highest BCUT2D eigenvalue weighted by atomic mass is 19.1. The first kappa shape index (κ1) is 26.8. The van der Waals surface area contributed by atoms with Gasteiger partial charge in [0.25, 0.3) is 0 Å². The number of imidazole rings is 1. The number of halogens is 2. The number of piperazine rings is 1. The Morgan fingerprint density at radius 3 is 2.36 bits per heavy atom. The van der Waals surface area contributed by atoms with Crippen LogP contribution in [0.3, 0.4) is 0 Å². The largest absolute Gasteiger partial charge is 0.383 e. The number of rotatable bonds is 5. The van der Waals surface area contributed by atoms with Crippen molar-refractivity contribution in [1.29, 1.82) is 0 Å². The number of nitrogens with zero attached hydrogens (tertiary/aromatic N) is 7. The summed E-state index contributed by atoms with van der Waals surface area (Å²) in [5, 5.41) is 4.10. The van der Waals surface area contributed by atoms with Crippen LogP contribution in [0.2, 0.25) is 0 Å². The maximum absolute atomic E-state index is 14.3. The monoisotopic (exact) mass is 571 g/mol.